The van der Waals surface area contributed by atoms with Crippen molar-refractivity contribution in [1.29, 1.82) is 0 Å². The van der Waals surface area contributed by atoms with E-state index in [1.54, 1.807) is 0 Å². The second-order valence-corrected chi connectivity index (χ2v) is 23.9. The predicted molar refractivity (Wildman–Crippen MR) is 296 cm³/mol. The van der Waals surface area contributed by atoms with Gasteiger partial charge in [0.2, 0.25) is 5.91 Å². The number of rotatable bonds is 57. The van der Waals surface area contributed by atoms with Crippen LogP contribution in [0.1, 0.15) is 322 Å². The molecule has 0 bridgehead atoms. The SMILES string of the molecule is CCCCCCCCCCCCCCCCCCCCCCCCCCCCCCCCCCC(O)C(COP(=O)(O)OCC[N+](C)(C)C)NC(=O)CCCCCCCCCCCCCCCC. The Morgan fingerprint density at radius 3 is 0.985 bits per heavy atom. The van der Waals surface area contributed by atoms with Crippen molar-refractivity contribution >= 4 is 13.7 Å². The molecule has 0 aromatic heterocycles. The highest BCUT2D eigenvalue weighted by Gasteiger charge is 2.28. The van der Waals surface area contributed by atoms with Crippen LogP contribution in [0.25, 0.3) is 0 Å². The minimum atomic E-state index is -4.32. The second kappa shape index (κ2) is 51.4. The Hall–Kier alpha value is -0.500. The minimum Gasteiger partial charge on any atom is -0.391 e. The number of quaternary nitrogens is 1. The Kier molecular flexibility index (Phi) is 51.0. The molecule has 68 heavy (non-hydrogen) atoms. The lowest BCUT2D eigenvalue weighted by Gasteiger charge is -2.26. The van der Waals surface area contributed by atoms with E-state index in [4.69, 9.17) is 9.05 Å². The van der Waals surface area contributed by atoms with Crippen LogP contribution in [0, 0.1) is 0 Å². The molecule has 0 aromatic carbocycles. The third-order valence-corrected chi connectivity index (χ3v) is 15.3. The second-order valence-electron chi connectivity index (χ2n) is 22.4. The summed E-state index contributed by atoms with van der Waals surface area (Å²) in [6.07, 6.45) is 61.8. The van der Waals surface area contributed by atoms with Crippen molar-refractivity contribution in [2.24, 2.45) is 0 Å². The molecule has 0 rings (SSSR count). The van der Waals surface area contributed by atoms with E-state index >= 15 is 0 Å². The first kappa shape index (κ1) is 67.5. The summed E-state index contributed by atoms with van der Waals surface area (Å²) in [5, 5.41) is 14.1. The molecule has 0 fully saturated rings. The average molecular weight is 987 g/mol. The van der Waals surface area contributed by atoms with Crippen molar-refractivity contribution < 1.29 is 32.9 Å². The van der Waals surface area contributed by atoms with Crippen LogP contribution < -0.4 is 5.32 Å². The van der Waals surface area contributed by atoms with Crippen molar-refractivity contribution in [3.8, 4) is 0 Å². The first-order valence-corrected chi connectivity index (χ1v) is 31.9. The lowest BCUT2D eigenvalue weighted by Crippen LogP contribution is -2.46. The van der Waals surface area contributed by atoms with Gasteiger partial charge in [0.25, 0.3) is 0 Å². The lowest BCUT2D eigenvalue weighted by atomic mass is 10.0. The van der Waals surface area contributed by atoms with Crippen LogP contribution in [0.5, 0.6) is 0 Å². The minimum absolute atomic E-state index is 0.0790. The molecular formula is C59H122N2O6P+. The number of amides is 1. The zero-order valence-corrected chi connectivity index (χ0v) is 47.5. The summed E-state index contributed by atoms with van der Waals surface area (Å²) < 4.78 is 23.8. The lowest BCUT2D eigenvalue weighted by molar-refractivity contribution is -0.870. The van der Waals surface area contributed by atoms with Gasteiger partial charge in [0.15, 0.2) is 0 Å². The number of nitrogens with zero attached hydrogens (tertiary/aromatic N) is 1. The largest absolute Gasteiger partial charge is 0.472 e. The number of hydrogen-bond donors (Lipinski definition) is 3. The maximum absolute atomic E-state index is 13.0. The van der Waals surface area contributed by atoms with Crippen LogP contribution in [0.3, 0.4) is 0 Å². The van der Waals surface area contributed by atoms with E-state index in [1.807, 2.05) is 21.1 Å². The fourth-order valence-corrected chi connectivity index (χ4v) is 10.3. The number of unbranched alkanes of at least 4 members (excludes halogenated alkanes) is 44. The van der Waals surface area contributed by atoms with Crippen molar-refractivity contribution in [2.75, 3.05) is 40.9 Å². The van der Waals surface area contributed by atoms with Crippen LogP contribution in [-0.2, 0) is 18.4 Å². The van der Waals surface area contributed by atoms with Crippen molar-refractivity contribution in [1.82, 2.24) is 5.32 Å². The van der Waals surface area contributed by atoms with E-state index in [0.717, 1.165) is 38.5 Å². The molecular weight excluding hydrogens is 864 g/mol. The van der Waals surface area contributed by atoms with Gasteiger partial charge < -0.3 is 19.8 Å². The Labute approximate surface area is 425 Å². The van der Waals surface area contributed by atoms with Gasteiger partial charge in [-0.1, -0.05) is 303 Å². The molecule has 0 aliphatic carbocycles. The third-order valence-electron chi connectivity index (χ3n) is 14.4. The molecule has 0 spiro atoms. The standard InChI is InChI=1S/C59H121N2O6P/c1-6-8-10-12-14-16-18-20-22-23-24-25-26-27-28-29-30-31-32-33-34-35-36-37-38-39-40-42-44-46-48-50-52-58(62)57(56-67-68(64,65)66-55-54-61(3,4)5)60-59(63)53-51-49-47-45-43-41-21-19-17-15-13-11-9-7-2/h57-58,62H,6-56H2,1-5H3,(H-,60,63,64,65)/p+1. The normalized spacial score (nSPS) is 13.8. The van der Waals surface area contributed by atoms with Crippen LogP contribution >= 0.6 is 7.82 Å². The summed E-state index contributed by atoms with van der Waals surface area (Å²) in [6.45, 7) is 4.94. The summed E-state index contributed by atoms with van der Waals surface area (Å²) in [7, 11) is 1.64. The van der Waals surface area contributed by atoms with Gasteiger partial charge in [-0.05, 0) is 12.8 Å². The molecule has 3 N–H and O–H groups in total. The van der Waals surface area contributed by atoms with Gasteiger partial charge in [-0.3, -0.25) is 13.8 Å². The van der Waals surface area contributed by atoms with Crippen molar-refractivity contribution in [3.05, 3.63) is 0 Å². The number of phosphoric acid groups is 1. The summed E-state index contributed by atoms with van der Waals surface area (Å²) in [5.74, 6) is -0.138. The number of likely N-dealkylation sites (N-methyl/N-ethyl adjacent to an activating group) is 1. The van der Waals surface area contributed by atoms with Gasteiger partial charge in [-0.15, -0.1) is 0 Å². The van der Waals surface area contributed by atoms with Crippen molar-refractivity contribution in [2.45, 2.75) is 334 Å². The fraction of sp³-hybridized carbons (Fsp3) is 0.983. The number of hydrogen-bond acceptors (Lipinski definition) is 5. The number of phosphoric ester groups is 1. The van der Waals surface area contributed by atoms with Gasteiger partial charge in [0.05, 0.1) is 39.9 Å². The zero-order chi connectivity index (χ0) is 49.9. The Morgan fingerprint density at radius 1 is 0.441 bits per heavy atom. The number of carbonyl (C=O) groups is 1. The maximum atomic E-state index is 13.0. The molecule has 9 heteroatoms. The summed E-state index contributed by atoms with van der Waals surface area (Å²) in [6, 6.07) is -0.755. The molecule has 0 radical (unpaired) electrons. The highest BCUT2D eigenvalue weighted by Crippen LogP contribution is 2.43. The first-order chi connectivity index (χ1) is 33.0. The molecule has 0 saturated heterocycles. The summed E-state index contributed by atoms with van der Waals surface area (Å²) in [4.78, 5) is 23.3. The van der Waals surface area contributed by atoms with Crippen LogP contribution in [0.2, 0.25) is 0 Å². The smallest absolute Gasteiger partial charge is 0.391 e. The molecule has 0 aliphatic rings. The molecule has 0 saturated carbocycles. The molecule has 3 atom stereocenters. The monoisotopic (exact) mass is 986 g/mol. The van der Waals surface area contributed by atoms with E-state index in [0.29, 0.717) is 23.9 Å². The fourth-order valence-electron chi connectivity index (χ4n) is 9.58. The molecule has 408 valence electrons. The number of aliphatic hydroxyl groups excluding tert-OH is 1. The molecule has 8 nitrogen and oxygen atoms in total. The van der Waals surface area contributed by atoms with Crippen LogP contribution in [0.4, 0.5) is 0 Å². The Bertz CT molecular complexity index is 1070. The molecule has 0 aromatic rings. The first-order valence-electron chi connectivity index (χ1n) is 30.4. The molecule has 0 heterocycles. The Balaban J connectivity index is 3.96. The zero-order valence-electron chi connectivity index (χ0n) is 46.6. The topological polar surface area (TPSA) is 105 Å². The summed E-state index contributed by atoms with van der Waals surface area (Å²) in [5.41, 5.74) is 0. The van der Waals surface area contributed by atoms with Gasteiger partial charge in [-0.25, -0.2) is 4.57 Å². The van der Waals surface area contributed by atoms with E-state index in [9.17, 15) is 19.4 Å². The predicted octanol–water partition coefficient (Wildman–Crippen LogP) is 18.4. The van der Waals surface area contributed by atoms with Gasteiger partial charge in [-0.2, -0.15) is 0 Å². The highest BCUT2D eigenvalue weighted by molar-refractivity contribution is 7.47. The Morgan fingerprint density at radius 2 is 0.706 bits per heavy atom. The van der Waals surface area contributed by atoms with Crippen molar-refractivity contribution in [3.63, 3.8) is 0 Å². The number of carbonyl (C=O) groups excluding carboxylic acids is 1. The van der Waals surface area contributed by atoms with E-state index in [2.05, 4.69) is 19.2 Å². The van der Waals surface area contributed by atoms with Crippen LogP contribution in [0.15, 0.2) is 0 Å². The number of aliphatic hydroxyl groups is 1. The van der Waals surface area contributed by atoms with Gasteiger partial charge in [0, 0.05) is 6.42 Å². The quantitative estimate of drug-likeness (QED) is 0.0319. The van der Waals surface area contributed by atoms with Gasteiger partial charge >= 0.3 is 7.82 Å². The molecule has 1 amide bonds. The van der Waals surface area contributed by atoms with E-state index in [-0.39, 0.29) is 19.1 Å². The van der Waals surface area contributed by atoms with E-state index in [1.165, 1.54) is 257 Å². The highest BCUT2D eigenvalue weighted by atomic mass is 31.2. The maximum Gasteiger partial charge on any atom is 0.472 e. The molecule has 3 unspecified atom stereocenters. The van der Waals surface area contributed by atoms with E-state index < -0.39 is 20.0 Å². The third kappa shape index (κ3) is 53.3. The summed E-state index contributed by atoms with van der Waals surface area (Å²) >= 11 is 0. The molecule has 0 aliphatic heterocycles. The number of nitrogens with one attached hydrogen (secondary N) is 1. The van der Waals surface area contributed by atoms with Gasteiger partial charge in [0.1, 0.15) is 13.2 Å². The van der Waals surface area contributed by atoms with Crippen LogP contribution in [-0.4, -0.2) is 73.4 Å². The average Bonchev–Trinajstić information content (AvgIpc) is 3.30.